The molecular weight excluding hydrogens is 334 g/mol. The van der Waals surface area contributed by atoms with E-state index in [0.717, 1.165) is 43.1 Å². The molecule has 3 heterocycles. The molecule has 1 fully saturated rings. The monoisotopic (exact) mass is 359 g/mol. The van der Waals surface area contributed by atoms with Crippen LogP contribution < -0.4 is 0 Å². The van der Waals surface area contributed by atoms with E-state index in [0.29, 0.717) is 5.92 Å². The average molecular weight is 359 g/mol. The number of hydrogen-bond acceptors (Lipinski definition) is 5. The van der Waals surface area contributed by atoms with Gasteiger partial charge in [-0.25, -0.2) is 9.78 Å². The van der Waals surface area contributed by atoms with Gasteiger partial charge in [-0.3, -0.25) is 4.98 Å². The molecule has 1 saturated heterocycles. The summed E-state index contributed by atoms with van der Waals surface area (Å²) in [5.74, 6) is 0.480. The molecule has 1 amide bonds. The minimum absolute atomic E-state index is 0.203. The standard InChI is InChI=1S/C19H25N3O2S/c1-19(2,3)24-18(23)22-10-7-14(8-11-22)16-13-21-17(25-16)12-15-6-4-5-9-20-15/h4-6,9,13-14H,7-8,10-12H2,1-3H3. The van der Waals surface area contributed by atoms with E-state index >= 15 is 0 Å². The molecule has 6 heteroatoms. The fraction of sp³-hybridized carbons (Fsp3) is 0.526. The maximum Gasteiger partial charge on any atom is 0.410 e. The summed E-state index contributed by atoms with van der Waals surface area (Å²) in [6, 6.07) is 5.96. The fourth-order valence-electron chi connectivity index (χ4n) is 2.93. The van der Waals surface area contributed by atoms with Crippen molar-refractivity contribution in [3.8, 4) is 0 Å². The van der Waals surface area contributed by atoms with Gasteiger partial charge in [-0.15, -0.1) is 11.3 Å². The van der Waals surface area contributed by atoms with Gasteiger partial charge in [0.25, 0.3) is 0 Å². The Morgan fingerprint density at radius 2 is 2.04 bits per heavy atom. The zero-order valence-electron chi connectivity index (χ0n) is 15.1. The molecule has 0 atom stereocenters. The molecule has 0 unspecified atom stereocenters. The van der Waals surface area contributed by atoms with Gasteiger partial charge in [0.1, 0.15) is 5.60 Å². The summed E-state index contributed by atoms with van der Waals surface area (Å²) in [4.78, 5) is 24.2. The van der Waals surface area contributed by atoms with E-state index < -0.39 is 5.60 Å². The molecule has 2 aromatic rings. The third-order valence-electron chi connectivity index (χ3n) is 4.18. The van der Waals surface area contributed by atoms with Crippen molar-refractivity contribution in [3.05, 3.63) is 46.2 Å². The van der Waals surface area contributed by atoms with E-state index in [1.165, 1.54) is 4.88 Å². The van der Waals surface area contributed by atoms with Gasteiger partial charge in [0, 0.05) is 42.5 Å². The Morgan fingerprint density at radius 1 is 1.28 bits per heavy atom. The van der Waals surface area contributed by atoms with Crippen LogP contribution in [0.15, 0.2) is 30.6 Å². The summed E-state index contributed by atoms with van der Waals surface area (Å²) >= 11 is 1.77. The van der Waals surface area contributed by atoms with E-state index in [1.807, 2.05) is 56.3 Å². The number of thiazole rings is 1. The summed E-state index contributed by atoms with van der Waals surface area (Å²) in [5.41, 5.74) is 0.606. The highest BCUT2D eigenvalue weighted by molar-refractivity contribution is 7.11. The summed E-state index contributed by atoms with van der Waals surface area (Å²) in [6.07, 6.45) is 6.32. The SMILES string of the molecule is CC(C)(C)OC(=O)N1CCC(c2cnc(Cc3ccccn3)s2)CC1. The van der Waals surface area contributed by atoms with Gasteiger partial charge >= 0.3 is 6.09 Å². The first-order valence-electron chi connectivity index (χ1n) is 8.73. The van der Waals surface area contributed by atoms with Crippen molar-refractivity contribution in [1.82, 2.24) is 14.9 Å². The first-order valence-corrected chi connectivity index (χ1v) is 9.55. The number of carbonyl (C=O) groups is 1. The number of nitrogens with zero attached hydrogens (tertiary/aromatic N) is 3. The lowest BCUT2D eigenvalue weighted by molar-refractivity contribution is 0.0205. The van der Waals surface area contributed by atoms with Crippen LogP contribution in [0.25, 0.3) is 0 Å². The van der Waals surface area contributed by atoms with Crippen LogP contribution in [0, 0.1) is 0 Å². The van der Waals surface area contributed by atoms with E-state index in [9.17, 15) is 4.79 Å². The zero-order valence-corrected chi connectivity index (χ0v) is 15.9. The van der Waals surface area contributed by atoms with Crippen molar-refractivity contribution >= 4 is 17.4 Å². The molecule has 5 nitrogen and oxygen atoms in total. The normalized spacial score (nSPS) is 16.0. The topological polar surface area (TPSA) is 55.3 Å². The van der Waals surface area contributed by atoms with Crippen LogP contribution in [0.2, 0.25) is 0 Å². The molecular formula is C19H25N3O2S. The Morgan fingerprint density at radius 3 is 2.68 bits per heavy atom. The average Bonchev–Trinajstić information content (AvgIpc) is 3.03. The summed E-state index contributed by atoms with van der Waals surface area (Å²) in [6.45, 7) is 7.19. The molecule has 3 rings (SSSR count). The van der Waals surface area contributed by atoms with Crippen molar-refractivity contribution in [1.29, 1.82) is 0 Å². The van der Waals surface area contributed by atoms with Crippen LogP contribution in [-0.4, -0.2) is 39.7 Å². The largest absolute Gasteiger partial charge is 0.444 e. The van der Waals surface area contributed by atoms with Gasteiger partial charge in [-0.1, -0.05) is 6.07 Å². The molecule has 0 N–H and O–H groups in total. The number of rotatable bonds is 3. The molecule has 134 valence electrons. The first-order chi connectivity index (χ1) is 11.9. The Labute approximate surface area is 153 Å². The molecule has 0 bridgehead atoms. The Kier molecular flexibility index (Phi) is 5.37. The summed E-state index contributed by atoms with van der Waals surface area (Å²) in [7, 11) is 0. The molecule has 0 spiro atoms. The van der Waals surface area contributed by atoms with Crippen molar-refractivity contribution in [3.63, 3.8) is 0 Å². The minimum atomic E-state index is -0.439. The second-order valence-corrected chi connectivity index (χ2v) is 8.54. The predicted octanol–water partition coefficient (Wildman–Crippen LogP) is 4.24. The highest BCUT2D eigenvalue weighted by Crippen LogP contribution is 2.32. The molecule has 1 aliphatic heterocycles. The van der Waals surface area contributed by atoms with Crippen molar-refractivity contribution in [2.45, 2.75) is 51.6 Å². The van der Waals surface area contributed by atoms with Gasteiger partial charge in [0.15, 0.2) is 0 Å². The van der Waals surface area contributed by atoms with Gasteiger partial charge in [-0.2, -0.15) is 0 Å². The number of hydrogen-bond donors (Lipinski definition) is 0. The van der Waals surface area contributed by atoms with Gasteiger partial charge in [0.05, 0.1) is 5.01 Å². The molecule has 0 aliphatic carbocycles. The molecule has 2 aromatic heterocycles. The molecule has 0 saturated carbocycles. The zero-order chi connectivity index (χ0) is 17.9. The maximum absolute atomic E-state index is 12.2. The highest BCUT2D eigenvalue weighted by atomic mass is 32.1. The number of ether oxygens (including phenoxy) is 1. The lowest BCUT2D eigenvalue weighted by Crippen LogP contribution is -2.41. The third kappa shape index (κ3) is 5.01. The predicted molar refractivity (Wildman–Crippen MR) is 98.9 cm³/mol. The van der Waals surface area contributed by atoms with Crippen molar-refractivity contribution < 1.29 is 9.53 Å². The molecule has 1 aliphatic rings. The Hall–Kier alpha value is -1.95. The third-order valence-corrected chi connectivity index (χ3v) is 5.34. The van der Waals surface area contributed by atoms with Crippen LogP contribution in [0.4, 0.5) is 4.79 Å². The van der Waals surface area contributed by atoms with Crippen LogP contribution in [0.1, 0.15) is 55.1 Å². The van der Waals surface area contributed by atoms with Crippen molar-refractivity contribution in [2.75, 3.05) is 13.1 Å². The minimum Gasteiger partial charge on any atom is -0.444 e. The van der Waals surface area contributed by atoms with Gasteiger partial charge in [0.2, 0.25) is 0 Å². The Bertz CT molecular complexity index is 701. The lowest BCUT2D eigenvalue weighted by Gasteiger charge is -2.33. The van der Waals surface area contributed by atoms with E-state index in [-0.39, 0.29) is 6.09 Å². The smallest absolute Gasteiger partial charge is 0.410 e. The van der Waals surface area contributed by atoms with Gasteiger partial charge < -0.3 is 9.64 Å². The van der Waals surface area contributed by atoms with Crippen LogP contribution in [-0.2, 0) is 11.2 Å². The van der Waals surface area contributed by atoms with Gasteiger partial charge in [-0.05, 0) is 51.7 Å². The quantitative estimate of drug-likeness (QED) is 0.822. The van der Waals surface area contributed by atoms with Crippen LogP contribution >= 0.6 is 11.3 Å². The second kappa shape index (κ2) is 7.52. The van der Waals surface area contributed by atoms with Crippen molar-refractivity contribution in [2.24, 2.45) is 0 Å². The number of pyridine rings is 1. The summed E-state index contributed by atoms with van der Waals surface area (Å²) < 4.78 is 5.46. The maximum atomic E-state index is 12.2. The number of likely N-dealkylation sites (tertiary alicyclic amines) is 1. The Balaban J connectivity index is 1.54. The number of aromatic nitrogens is 2. The van der Waals surface area contributed by atoms with E-state index in [4.69, 9.17) is 4.74 Å². The molecule has 0 radical (unpaired) electrons. The lowest BCUT2D eigenvalue weighted by atomic mass is 9.96. The van der Waals surface area contributed by atoms with Crippen LogP contribution in [0.3, 0.4) is 0 Å². The summed E-state index contributed by atoms with van der Waals surface area (Å²) in [5, 5.41) is 1.10. The number of carbonyl (C=O) groups excluding carboxylic acids is 1. The second-order valence-electron chi connectivity index (χ2n) is 7.40. The first kappa shape index (κ1) is 17.9. The van der Waals surface area contributed by atoms with E-state index in [2.05, 4.69) is 9.97 Å². The van der Waals surface area contributed by atoms with Crippen LogP contribution in [0.5, 0.6) is 0 Å². The fourth-order valence-corrected chi connectivity index (χ4v) is 4.03. The molecule has 0 aromatic carbocycles. The molecule has 25 heavy (non-hydrogen) atoms. The highest BCUT2D eigenvalue weighted by Gasteiger charge is 2.28. The number of amides is 1. The number of piperidine rings is 1. The van der Waals surface area contributed by atoms with E-state index in [1.54, 1.807) is 11.3 Å².